The molecule has 67 heavy (non-hydrogen) atoms. The summed E-state index contributed by atoms with van der Waals surface area (Å²) in [4.78, 5) is 96.3. The lowest BCUT2D eigenvalue weighted by molar-refractivity contribution is -0.346. The van der Waals surface area contributed by atoms with Crippen molar-refractivity contribution in [3.63, 3.8) is 0 Å². The van der Waals surface area contributed by atoms with Gasteiger partial charge in [-0.05, 0) is 63.5 Å². The molecule has 1 heterocycles. The van der Waals surface area contributed by atoms with Gasteiger partial charge in [0.15, 0.2) is 18.0 Å². The average Bonchev–Trinajstić information content (AvgIpc) is 3.25. The Morgan fingerprint density at radius 1 is 0.940 bits per heavy atom. The van der Waals surface area contributed by atoms with Gasteiger partial charge in [0.1, 0.15) is 41.7 Å². The largest absolute Gasteiger partial charge is 0.455 e. The zero-order valence-corrected chi connectivity index (χ0v) is 38.8. The lowest BCUT2D eigenvalue weighted by Gasteiger charge is -2.67. The maximum Gasteiger partial charge on any atom is 0.408 e. The molecule has 3 fully saturated rings. The first-order valence-corrected chi connectivity index (χ1v) is 22.0. The predicted molar refractivity (Wildman–Crippen MR) is 232 cm³/mol. The first kappa shape index (κ1) is 50.7. The molecule has 6 N–H and O–H groups in total. The van der Waals surface area contributed by atoms with E-state index in [2.05, 4.69) is 5.32 Å². The molecule has 0 aromatic heterocycles. The maximum atomic E-state index is 15.2. The second-order valence-corrected chi connectivity index (χ2v) is 19.2. The number of hydrogen-bond donors (Lipinski definition) is 5. The Bertz CT molecular complexity index is 2280. The maximum absolute atomic E-state index is 15.2. The number of nitrogens with one attached hydrogen (secondary N) is 1. The molecule has 364 valence electrons. The van der Waals surface area contributed by atoms with E-state index in [0.29, 0.717) is 0 Å². The van der Waals surface area contributed by atoms with Crippen molar-refractivity contribution in [2.45, 2.75) is 134 Å². The fourth-order valence-electron chi connectivity index (χ4n) is 10.2. The number of nitrogens with two attached hydrogens (primary N) is 1. The fourth-order valence-corrected chi connectivity index (χ4v) is 10.2. The molecule has 19 heteroatoms. The zero-order chi connectivity index (χ0) is 49.4. The first-order chi connectivity index (χ1) is 31.3. The SMILES string of the molecule is CC(=O)O[C@@]12CO[C@@H]1C[C@H](O)[C@@]1(C)C(=O)[C@H](O)C3=C(C)[C@@H](OC(=O)[C@H](OC(=O)COC(=O)CCN)[C@@H](NC(=O)OC(C)(C)C)c4ccccc4)CC(O)(C(OC(=O)c4ccccc4)[C@H]21)C3(C)C. The van der Waals surface area contributed by atoms with Crippen molar-refractivity contribution in [3.8, 4) is 0 Å². The molecule has 6 rings (SSSR count). The van der Waals surface area contributed by atoms with Crippen LogP contribution in [-0.2, 0) is 57.1 Å². The Labute approximate surface area is 387 Å². The van der Waals surface area contributed by atoms with Crippen LogP contribution in [0.15, 0.2) is 71.8 Å². The summed E-state index contributed by atoms with van der Waals surface area (Å²) in [5.41, 5.74) is -3.48. The van der Waals surface area contributed by atoms with Gasteiger partial charge in [-0.3, -0.25) is 14.4 Å². The Hall–Kier alpha value is -5.73. The summed E-state index contributed by atoms with van der Waals surface area (Å²) in [6.45, 7) is 10.4. The molecule has 0 spiro atoms. The molecule has 2 aromatic carbocycles. The Morgan fingerprint density at radius 2 is 1.57 bits per heavy atom. The second kappa shape index (κ2) is 19.1. The highest BCUT2D eigenvalue weighted by atomic mass is 16.6. The molecule has 2 unspecified atom stereocenters. The number of rotatable bonds is 13. The number of fused-ring (bicyclic) bond motifs is 5. The van der Waals surface area contributed by atoms with Gasteiger partial charge in [0.05, 0.1) is 36.0 Å². The van der Waals surface area contributed by atoms with Gasteiger partial charge in [-0.15, -0.1) is 0 Å². The van der Waals surface area contributed by atoms with Gasteiger partial charge in [-0.2, -0.15) is 0 Å². The Kier molecular flexibility index (Phi) is 14.5. The van der Waals surface area contributed by atoms with Crippen LogP contribution in [0.2, 0.25) is 0 Å². The van der Waals surface area contributed by atoms with Crippen LogP contribution in [0.4, 0.5) is 4.79 Å². The average molecular weight is 937 g/mol. The molecule has 1 aliphatic heterocycles. The molecule has 19 nitrogen and oxygen atoms in total. The second-order valence-electron chi connectivity index (χ2n) is 19.2. The van der Waals surface area contributed by atoms with Crippen molar-refractivity contribution in [1.82, 2.24) is 5.32 Å². The third-order valence-corrected chi connectivity index (χ3v) is 13.5. The quantitative estimate of drug-likeness (QED) is 0.110. The summed E-state index contributed by atoms with van der Waals surface area (Å²) in [6, 6.07) is 14.1. The number of carbonyl (C=O) groups is 7. The van der Waals surface area contributed by atoms with Crippen molar-refractivity contribution < 1.29 is 82.0 Å². The molecular formula is C48H60N2O17. The third-order valence-electron chi connectivity index (χ3n) is 13.5. The van der Waals surface area contributed by atoms with Crippen molar-refractivity contribution in [2.24, 2.45) is 22.5 Å². The van der Waals surface area contributed by atoms with E-state index in [0.717, 1.165) is 6.92 Å². The minimum absolute atomic E-state index is 0.0341. The van der Waals surface area contributed by atoms with Crippen LogP contribution < -0.4 is 11.1 Å². The summed E-state index contributed by atoms with van der Waals surface area (Å²) in [5, 5.41) is 40.6. The number of alkyl carbamates (subject to hydrolysis) is 1. The van der Waals surface area contributed by atoms with Gasteiger partial charge in [0.2, 0.25) is 6.10 Å². The van der Waals surface area contributed by atoms with Gasteiger partial charge in [-0.1, -0.05) is 62.4 Å². The first-order valence-electron chi connectivity index (χ1n) is 22.0. The number of hydrogen-bond acceptors (Lipinski definition) is 18. The highest BCUT2D eigenvalue weighted by Gasteiger charge is 2.78. The summed E-state index contributed by atoms with van der Waals surface area (Å²) < 4.78 is 40.6. The van der Waals surface area contributed by atoms with Crippen LogP contribution in [0.5, 0.6) is 0 Å². The number of ether oxygens (including phenoxy) is 7. The van der Waals surface area contributed by atoms with E-state index >= 15 is 4.79 Å². The van der Waals surface area contributed by atoms with Gasteiger partial charge in [0.25, 0.3) is 0 Å². The van der Waals surface area contributed by atoms with E-state index in [1.165, 1.54) is 52.0 Å². The van der Waals surface area contributed by atoms with Crippen LogP contribution in [0.3, 0.4) is 0 Å². The van der Waals surface area contributed by atoms with Gasteiger partial charge in [-0.25, -0.2) is 19.2 Å². The molecule has 11 atom stereocenters. The van der Waals surface area contributed by atoms with Crippen LogP contribution in [0.25, 0.3) is 0 Å². The molecule has 2 bridgehead atoms. The summed E-state index contributed by atoms with van der Waals surface area (Å²) >= 11 is 0. The van der Waals surface area contributed by atoms with E-state index in [1.807, 2.05) is 0 Å². The summed E-state index contributed by atoms with van der Waals surface area (Å²) in [5.74, 6) is -7.75. The van der Waals surface area contributed by atoms with Gasteiger partial charge < -0.3 is 59.5 Å². The number of amides is 1. The number of aliphatic hydroxyl groups excluding tert-OH is 2. The Balaban J connectivity index is 1.51. The van der Waals surface area contributed by atoms with E-state index in [9.17, 15) is 44.1 Å². The topological polar surface area (TPSA) is 283 Å². The van der Waals surface area contributed by atoms with Crippen molar-refractivity contribution >= 4 is 41.7 Å². The normalized spacial score (nSPS) is 30.5. The lowest BCUT2D eigenvalue weighted by atomic mass is 9.44. The van der Waals surface area contributed by atoms with Crippen molar-refractivity contribution in [1.29, 1.82) is 0 Å². The number of ketones is 1. The molecule has 0 radical (unpaired) electrons. The molecule has 4 aliphatic rings. The fraction of sp³-hybridized carbons (Fsp3) is 0.562. The van der Waals surface area contributed by atoms with Gasteiger partial charge in [0, 0.05) is 31.7 Å². The van der Waals surface area contributed by atoms with Crippen LogP contribution in [0.1, 0.15) is 96.6 Å². The van der Waals surface area contributed by atoms with E-state index < -0.39 is 131 Å². The third kappa shape index (κ3) is 9.56. The lowest BCUT2D eigenvalue weighted by Crippen LogP contribution is -2.81. The smallest absolute Gasteiger partial charge is 0.408 e. The van der Waals surface area contributed by atoms with Gasteiger partial charge >= 0.3 is 35.9 Å². The minimum atomic E-state index is -2.47. The molecule has 1 amide bonds. The number of esters is 5. The zero-order valence-electron chi connectivity index (χ0n) is 38.8. The van der Waals surface area contributed by atoms with Crippen molar-refractivity contribution in [3.05, 3.63) is 82.9 Å². The molecule has 2 saturated carbocycles. The minimum Gasteiger partial charge on any atom is -0.455 e. The van der Waals surface area contributed by atoms with E-state index in [4.69, 9.17) is 38.9 Å². The number of carbonyl (C=O) groups excluding carboxylic acids is 7. The predicted octanol–water partition coefficient (Wildman–Crippen LogP) is 2.70. The number of Topliss-reactive ketones (excluding diaryl/α,β-unsaturated/α-hetero) is 1. The highest BCUT2D eigenvalue weighted by molar-refractivity contribution is 5.94. The molecule has 3 aliphatic carbocycles. The van der Waals surface area contributed by atoms with Crippen LogP contribution >= 0.6 is 0 Å². The van der Waals surface area contributed by atoms with E-state index in [-0.39, 0.29) is 48.3 Å². The Morgan fingerprint density at radius 3 is 2.13 bits per heavy atom. The number of benzene rings is 2. The molecule has 2 aromatic rings. The standard InChI is InChI=1S/C48H60N2O17/c1-25-29(63-42(58)37(64-33(54)23-61-32(53)19-20-49)35(27-15-11-9-12-16-27)50-43(59)67-44(3,4)5)22-48(60)40(65-41(57)28-17-13-10-14-18-28)38-46(8,39(56)36(55)34(25)45(48,6)7)30(52)21-31-47(38,24-62-31)66-26(2)51/h9-18,29-31,35-38,40,52,55,60H,19-24,49H2,1-8H3,(H,50,59)/t29-,30-,31+,35-,36+,37+,38-,40?,46+,47-,48?/m0/s1. The monoisotopic (exact) mass is 936 g/mol. The molecular weight excluding hydrogens is 877 g/mol. The summed E-state index contributed by atoms with van der Waals surface area (Å²) in [6.07, 6.45) is -12.4. The van der Waals surface area contributed by atoms with Crippen molar-refractivity contribution in [2.75, 3.05) is 19.8 Å². The van der Waals surface area contributed by atoms with E-state index in [1.54, 1.807) is 57.2 Å². The number of aliphatic hydroxyl groups is 3. The molecule has 1 saturated heterocycles. The highest BCUT2D eigenvalue weighted by Crippen LogP contribution is 2.64. The van der Waals surface area contributed by atoms with Crippen LogP contribution in [0, 0.1) is 16.7 Å². The van der Waals surface area contributed by atoms with Crippen LogP contribution in [-0.4, -0.2) is 130 Å². The summed E-state index contributed by atoms with van der Waals surface area (Å²) in [7, 11) is 0.